The maximum absolute atomic E-state index is 13.6. The van der Waals surface area contributed by atoms with E-state index in [0.29, 0.717) is 56.1 Å². The summed E-state index contributed by atoms with van der Waals surface area (Å²) in [6, 6.07) is 7.27. The molecule has 1 aromatic heterocycles. The van der Waals surface area contributed by atoms with Gasteiger partial charge in [-0.3, -0.25) is 14.5 Å². The van der Waals surface area contributed by atoms with Gasteiger partial charge in [0.1, 0.15) is 17.8 Å². The van der Waals surface area contributed by atoms with Crippen LogP contribution in [0.5, 0.6) is 5.75 Å². The first kappa shape index (κ1) is 36.0. The van der Waals surface area contributed by atoms with Crippen LogP contribution in [0.3, 0.4) is 0 Å². The number of rotatable bonds is 10. The Kier molecular flexibility index (Phi) is 11.4. The van der Waals surface area contributed by atoms with Crippen molar-refractivity contribution in [1.29, 1.82) is 0 Å². The number of hydrogen-bond donors (Lipinski definition) is 3. The quantitative estimate of drug-likeness (QED) is 0.272. The van der Waals surface area contributed by atoms with Crippen molar-refractivity contribution in [2.45, 2.75) is 55.4 Å². The topological polar surface area (TPSA) is 144 Å². The molecule has 2 aromatic carbocycles. The average molecular weight is 705 g/mol. The summed E-state index contributed by atoms with van der Waals surface area (Å²) in [6.45, 7) is 1.54. The summed E-state index contributed by atoms with van der Waals surface area (Å²) in [6.07, 6.45) is 0.428. The molecule has 2 amide bonds. The first-order valence-electron chi connectivity index (χ1n) is 15.9. The van der Waals surface area contributed by atoms with Crippen LogP contribution in [-0.2, 0) is 25.9 Å². The van der Waals surface area contributed by atoms with Gasteiger partial charge in [0, 0.05) is 56.3 Å². The number of amides is 2. The number of ether oxygens (including phenoxy) is 2. The van der Waals surface area contributed by atoms with E-state index in [0.717, 1.165) is 30.0 Å². The standard InChI is InChI=1S/C33H39F3N6O6S/c1-47-29-18-25(49(2,45)46)5-6-27(29)37-11-3-4-22-16-26(31-28(17-22)42(21-38-31)20-33(34,35)36)32(44)40-23-7-12-41(13-8-23)19-30(43)39-24-9-14-48-15-10-24/h5-6,16-18,21,23-24,37H,7-15,19-20H2,1-2H3,(H,39,43)(H,40,44). The van der Waals surface area contributed by atoms with Gasteiger partial charge in [0.2, 0.25) is 5.91 Å². The molecule has 5 rings (SSSR count). The number of hydrogen-bond acceptors (Lipinski definition) is 9. The van der Waals surface area contributed by atoms with Crippen LogP contribution in [0.15, 0.2) is 41.6 Å². The number of halogens is 3. The molecule has 2 aliphatic heterocycles. The fourth-order valence-electron chi connectivity index (χ4n) is 5.88. The number of methoxy groups -OCH3 is 1. The molecule has 0 aliphatic carbocycles. The Balaban J connectivity index is 1.26. The Morgan fingerprint density at radius 3 is 2.45 bits per heavy atom. The van der Waals surface area contributed by atoms with Gasteiger partial charge in [0.25, 0.3) is 5.91 Å². The third-order valence-electron chi connectivity index (χ3n) is 8.40. The largest absolute Gasteiger partial charge is 0.495 e. The maximum Gasteiger partial charge on any atom is 0.406 e. The highest BCUT2D eigenvalue weighted by Crippen LogP contribution is 2.28. The van der Waals surface area contributed by atoms with Crippen LogP contribution in [0.1, 0.15) is 41.6 Å². The summed E-state index contributed by atoms with van der Waals surface area (Å²) in [7, 11) is -2.04. The van der Waals surface area contributed by atoms with Gasteiger partial charge in [-0.2, -0.15) is 13.2 Å². The fourth-order valence-corrected chi connectivity index (χ4v) is 6.51. The Hall–Kier alpha value is -4.33. The van der Waals surface area contributed by atoms with Crippen molar-refractivity contribution >= 4 is 38.4 Å². The molecule has 0 radical (unpaired) electrons. The number of benzene rings is 2. The van der Waals surface area contributed by atoms with Crippen LogP contribution in [0, 0.1) is 11.8 Å². The molecule has 2 saturated heterocycles. The van der Waals surface area contributed by atoms with Gasteiger partial charge in [-0.1, -0.05) is 11.8 Å². The smallest absolute Gasteiger partial charge is 0.406 e. The number of nitrogens with one attached hydrogen (secondary N) is 3. The Morgan fingerprint density at radius 1 is 1.06 bits per heavy atom. The van der Waals surface area contributed by atoms with Crippen LogP contribution in [0.25, 0.3) is 11.0 Å². The third-order valence-corrected chi connectivity index (χ3v) is 9.51. The highest BCUT2D eigenvalue weighted by Gasteiger charge is 2.30. The average Bonchev–Trinajstić information content (AvgIpc) is 3.44. The van der Waals surface area contributed by atoms with Gasteiger partial charge in [0.05, 0.1) is 48.2 Å². The van der Waals surface area contributed by atoms with Gasteiger partial charge in [-0.05, 0) is 49.9 Å². The Morgan fingerprint density at radius 2 is 1.78 bits per heavy atom. The van der Waals surface area contributed by atoms with Gasteiger partial charge in [-0.15, -0.1) is 0 Å². The predicted molar refractivity (Wildman–Crippen MR) is 176 cm³/mol. The number of nitrogens with zero attached hydrogens (tertiary/aromatic N) is 3. The lowest BCUT2D eigenvalue weighted by Crippen LogP contribution is -2.49. The van der Waals surface area contributed by atoms with Gasteiger partial charge in [0.15, 0.2) is 9.84 Å². The van der Waals surface area contributed by atoms with E-state index in [9.17, 15) is 31.2 Å². The van der Waals surface area contributed by atoms with E-state index in [1.165, 1.54) is 31.4 Å². The van der Waals surface area contributed by atoms with E-state index < -0.39 is 28.5 Å². The van der Waals surface area contributed by atoms with Crippen LogP contribution in [0.4, 0.5) is 18.9 Å². The van der Waals surface area contributed by atoms with Crippen molar-refractivity contribution in [2.24, 2.45) is 0 Å². The zero-order valence-corrected chi connectivity index (χ0v) is 28.0. The minimum Gasteiger partial charge on any atom is -0.495 e. The number of fused-ring (bicyclic) bond motifs is 1. The molecular weight excluding hydrogens is 665 g/mol. The molecule has 0 bridgehead atoms. The number of likely N-dealkylation sites (tertiary alicyclic amines) is 1. The summed E-state index contributed by atoms with van der Waals surface area (Å²) < 4.78 is 75.4. The number of carbonyl (C=O) groups excluding carboxylic acids is 2. The number of imidazole rings is 1. The summed E-state index contributed by atoms with van der Waals surface area (Å²) in [5.74, 6) is 5.59. The van der Waals surface area contributed by atoms with Crippen molar-refractivity contribution in [3.8, 4) is 17.6 Å². The first-order chi connectivity index (χ1) is 23.3. The second kappa shape index (κ2) is 15.5. The maximum atomic E-state index is 13.6. The summed E-state index contributed by atoms with van der Waals surface area (Å²) in [5, 5.41) is 9.10. The van der Waals surface area contributed by atoms with Crippen LogP contribution in [-0.4, -0.2) is 106 Å². The lowest BCUT2D eigenvalue weighted by molar-refractivity contribution is -0.140. The fraction of sp³-hybridized carbons (Fsp3) is 0.485. The summed E-state index contributed by atoms with van der Waals surface area (Å²) in [5.41, 5.74) is 1.16. The van der Waals surface area contributed by atoms with Gasteiger partial charge in [-0.25, -0.2) is 13.4 Å². The van der Waals surface area contributed by atoms with E-state index in [1.54, 1.807) is 6.07 Å². The van der Waals surface area contributed by atoms with E-state index in [1.807, 2.05) is 4.90 Å². The molecule has 2 fully saturated rings. The molecule has 49 heavy (non-hydrogen) atoms. The molecule has 0 unspecified atom stereocenters. The molecule has 0 saturated carbocycles. The van der Waals surface area contributed by atoms with E-state index in [-0.39, 0.29) is 52.6 Å². The van der Waals surface area contributed by atoms with Crippen molar-refractivity contribution in [3.63, 3.8) is 0 Å². The lowest BCUT2D eigenvalue weighted by atomic mass is 10.0. The van der Waals surface area contributed by atoms with Gasteiger partial charge >= 0.3 is 6.18 Å². The molecule has 264 valence electrons. The molecule has 2 aliphatic rings. The number of sulfone groups is 1. The molecule has 3 heterocycles. The lowest BCUT2D eigenvalue weighted by Gasteiger charge is -2.32. The molecule has 16 heteroatoms. The minimum atomic E-state index is -4.51. The molecule has 12 nitrogen and oxygen atoms in total. The Bertz CT molecular complexity index is 1840. The zero-order chi connectivity index (χ0) is 35.2. The second-order valence-electron chi connectivity index (χ2n) is 12.1. The highest BCUT2D eigenvalue weighted by molar-refractivity contribution is 7.90. The van der Waals surface area contributed by atoms with Crippen LogP contribution in [0.2, 0.25) is 0 Å². The van der Waals surface area contributed by atoms with E-state index >= 15 is 0 Å². The van der Waals surface area contributed by atoms with Crippen molar-refractivity contribution in [3.05, 3.63) is 47.8 Å². The number of alkyl halides is 3. The minimum absolute atomic E-state index is 0.0386. The summed E-state index contributed by atoms with van der Waals surface area (Å²) >= 11 is 0. The molecule has 3 N–H and O–H groups in total. The van der Waals surface area contributed by atoms with Gasteiger partial charge < -0.3 is 30.0 Å². The number of aromatic nitrogens is 2. The Labute approximate surface area is 282 Å². The predicted octanol–water partition coefficient (Wildman–Crippen LogP) is 2.96. The van der Waals surface area contributed by atoms with Crippen LogP contribution >= 0.6 is 0 Å². The second-order valence-corrected chi connectivity index (χ2v) is 14.2. The normalized spacial score (nSPS) is 16.5. The molecule has 3 aromatic rings. The van der Waals surface area contributed by atoms with Crippen LogP contribution < -0.4 is 20.7 Å². The van der Waals surface area contributed by atoms with Crippen molar-refractivity contribution < 1.29 is 40.7 Å². The highest BCUT2D eigenvalue weighted by atomic mass is 32.2. The molecular formula is C33H39F3N6O6S. The number of piperidine rings is 1. The zero-order valence-electron chi connectivity index (χ0n) is 27.2. The third kappa shape index (κ3) is 9.87. The monoisotopic (exact) mass is 704 g/mol. The molecule has 0 spiro atoms. The number of carbonyl (C=O) groups is 2. The van der Waals surface area contributed by atoms with Crippen molar-refractivity contribution in [1.82, 2.24) is 25.1 Å². The first-order valence-corrected chi connectivity index (χ1v) is 17.7. The van der Waals surface area contributed by atoms with E-state index in [4.69, 9.17) is 9.47 Å². The number of anilines is 1. The van der Waals surface area contributed by atoms with E-state index in [2.05, 4.69) is 32.8 Å². The molecule has 0 atom stereocenters. The summed E-state index contributed by atoms with van der Waals surface area (Å²) in [4.78, 5) is 32.4. The SMILES string of the molecule is COc1cc(S(C)(=O)=O)ccc1NCC#Cc1cc(C(=O)NC2CCN(CC(=O)NC3CCOCC3)CC2)c2ncn(CC(F)(F)F)c2c1. The van der Waals surface area contributed by atoms with Crippen molar-refractivity contribution in [2.75, 3.05) is 58.1 Å².